The summed E-state index contributed by atoms with van der Waals surface area (Å²) in [5.41, 5.74) is 2.09. The molecule has 0 radical (unpaired) electrons. The summed E-state index contributed by atoms with van der Waals surface area (Å²) in [7, 11) is 0. The van der Waals surface area contributed by atoms with Crippen LogP contribution in [0.4, 0.5) is 0 Å². The maximum atomic E-state index is 7.02. The van der Waals surface area contributed by atoms with E-state index in [1.165, 1.54) is 5.56 Å². The van der Waals surface area contributed by atoms with E-state index in [1.807, 2.05) is 42.5 Å². The van der Waals surface area contributed by atoms with Gasteiger partial charge in [0.05, 0.1) is 5.41 Å². The van der Waals surface area contributed by atoms with Crippen LogP contribution in [0, 0.1) is 5.41 Å². The molecular weight excluding hydrogens is 363 g/mol. The van der Waals surface area contributed by atoms with Crippen LogP contribution in [0.3, 0.4) is 0 Å². The second-order valence-corrected chi connectivity index (χ2v) is 8.63. The quantitative estimate of drug-likeness (QED) is 0.474. The van der Waals surface area contributed by atoms with Gasteiger partial charge in [-0.05, 0) is 17.2 Å². The lowest BCUT2D eigenvalue weighted by Crippen LogP contribution is -2.33. The fourth-order valence-corrected chi connectivity index (χ4v) is 5.91. The standard InChI is InChI=1S/C23H18Cl2O/c1-21-20(16-10-4-2-5-11-16)18-14-8-9-15-19(18)26-22(21,23(21,24)25)17-12-6-3-7-13-17/h2-15,20H,1H3/t20-,21-,22+/m1/s1. The fraction of sp³-hybridized carbons (Fsp3) is 0.217. The number of ether oxygens (including phenoxy) is 1. The Morgan fingerprint density at radius 2 is 1.35 bits per heavy atom. The minimum absolute atomic E-state index is 0.0452. The Hall–Kier alpha value is -1.96. The number of halogens is 2. The second kappa shape index (κ2) is 5.28. The highest BCUT2D eigenvalue weighted by atomic mass is 35.5. The summed E-state index contributed by atoms with van der Waals surface area (Å²) < 4.78 is 5.54. The van der Waals surface area contributed by atoms with Crippen LogP contribution in [0.1, 0.15) is 29.5 Å². The number of hydrogen-bond acceptors (Lipinski definition) is 1. The van der Waals surface area contributed by atoms with Gasteiger partial charge in [-0.2, -0.15) is 0 Å². The van der Waals surface area contributed by atoms with E-state index in [0.29, 0.717) is 0 Å². The van der Waals surface area contributed by atoms with E-state index in [0.717, 1.165) is 16.9 Å². The summed E-state index contributed by atoms with van der Waals surface area (Å²) in [6, 6.07) is 28.8. The molecule has 2 aliphatic rings. The number of fused-ring (bicyclic) bond motifs is 2. The molecule has 26 heavy (non-hydrogen) atoms. The van der Waals surface area contributed by atoms with E-state index >= 15 is 0 Å². The van der Waals surface area contributed by atoms with E-state index in [1.54, 1.807) is 0 Å². The van der Waals surface area contributed by atoms with Gasteiger partial charge in [-0.3, -0.25) is 0 Å². The Bertz CT molecular complexity index is 970. The van der Waals surface area contributed by atoms with Gasteiger partial charge in [0.2, 0.25) is 0 Å². The molecule has 0 bridgehead atoms. The highest BCUT2D eigenvalue weighted by molar-refractivity contribution is 6.53. The van der Waals surface area contributed by atoms with Crippen LogP contribution in [-0.2, 0) is 5.60 Å². The SMILES string of the molecule is C[C@@]12[C@H](c3ccccc3)c3ccccc3O[C@]1(c1ccccc1)C2(Cl)Cl. The second-order valence-electron chi connectivity index (χ2n) is 7.31. The number of para-hydroxylation sites is 1. The number of hydrogen-bond donors (Lipinski definition) is 0. The molecule has 0 unspecified atom stereocenters. The minimum Gasteiger partial charge on any atom is -0.478 e. The highest BCUT2D eigenvalue weighted by Crippen LogP contribution is 2.85. The Balaban J connectivity index is 1.81. The average molecular weight is 381 g/mol. The first-order valence-corrected chi connectivity index (χ1v) is 9.56. The first kappa shape index (κ1) is 16.2. The van der Waals surface area contributed by atoms with E-state index in [2.05, 4.69) is 49.4 Å². The molecule has 1 fully saturated rings. The molecule has 1 aliphatic carbocycles. The maximum Gasteiger partial charge on any atom is 0.177 e. The lowest BCUT2D eigenvalue weighted by Gasteiger charge is -2.36. The van der Waals surface area contributed by atoms with Crippen LogP contribution in [0.15, 0.2) is 84.9 Å². The van der Waals surface area contributed by atoms with Crippen LogP contribution in [0.2, 0.25) is 0 Å². The first-order chi connectivity index (χ1) is 12.5. The first-order valence-electron chi connectivity index (χ1n) is 8.80. The van der Waals surface area contributed by atoms with Crippen LogP contribution < -0.4 is 4.74 Å². The molecule has 5 rings (SSSR count). The number of rotatable bonds is 2. The van der Waals surface area contributed by atoms with Gasteiger partial charge in [-0.25, -0.2) is 0 Å². The highest BCUT2D eigenvalue weighted by Gasteiger charge is 2.91. The van der Waals surface area contributed by atoms with Crippen LogP contribution >= 0.6 is 23.2 Å². The minimum atomic E-state index is -1.04. The monoisotopic (exact) mass is 380 g/mol. The number of benzene rings is 3. The number of alkyl halides is 2. The van der Waals surface area contributed by atoms with Gasteiger partial charge < -0.3 is 4.74 Å². The van der Waals surface area contributed by atoms with Crippen molar-refractivity contribution in [2.75, 3.05) is 0 Å². The molecule has 1 aliphatic heterocycles. The summed E-state index contributed by atoms with van der Waals surface area (Å²) in [5, 5.41) is 0. The van der Waals surface area contributed by atoms with Crippen molar-refractivity contribution in [1.82, 2.24) is 0 Å². The smallest absolute Gasteiger partial charge is 0.177 e. The third kappa shape index (κ3) is 1.73. The molecule has 3 aromatic carbocycles. The van der Waals surface area contributed by atoms with Crippen molar-refractivity contribution < 1.29 is 4.74 Å². The van der Waals surface area contributed by atoms with Gasteiger partial charge in [0.1, 0.15) is 5.75 Å². The van der Waals surface area contributed by atoms with Gasteiger partial charge in [0.25, 0.3) is 0 Å². The predicted molar refractivity (Wildman–Crippen MR) is 106 cm³/mol. The molecule has 3 atom stereocenters. The van der Waals surface area contributed by atoms with E-state index in [9.17, 15) is 0 Å². The van der Waals surface area contributed by atoms with E-state index in [-0.39, 0.29) is 5.92 Å². The third-order valence-electron chi connectivity index (χ3n) is 6.15. The lowest BCUT2D eigenvalue weighted by molar-refractivity contribution is 0.102. The van der Waals surface area contributed by atoms with E-state index in [4.69, 9.17) is 27.9 Å². The molecule has 1 nitrogen and oxygen atoms in total. The van der Waals surface area contributed by atoms with Crippen LogP contribution in [0.25, 0.3) is 0 Å². The van der Waals surface area contributed by atoms with Gasteiger partial charge in [-0.15, -0.1) is 0 Å². The van der Waals surface area contributed by atoms with Crippen molar-refractivity contribution in [2.24, 2.45) is 5.41 Å². The van der Waals surface area contributed by atoms with Gasteiger partial charge in [0, 0.05) is 11.5 Å². The molecule has 1 heterocycles. The molecule has 0 saturated heterocycles. The topological polar surface area (TPSA) is 9.23 Å². The summed E-state index contributed by atoms with van der Waals surface area (Å²) >= 11 is 14.0. The summed E-state index contributed by atoms with van der Waals surface area (Å²) in [6.45, 7) is 2.15. The molecule has 130 valence electrons. The molecule has 0 amide bonds. The van der Waals surface area contributed by atoms with Crippen molar-refractivity contribution in [3.8, 4) is 5.75 Å². The van der Waals surface area contributed by atoms with Crippen molar-refractivity contribution in [2.45, 2.75) is 22.8 Å². The molecule has 1 saturated carbocycles. The summed E-state index contributed by atoms with van der Waals surface area (Å²) in [5.74, 6) is 0.898. The fourth-order valence-electron chi connectivity index (χ4n) is 4.83. The molecule has 0 N–H and O–H groups in total. The molecule has 3 aromatic rings. The van der Waals surface area contributed by atoms with E-state index < -0.39 is 15.3 Å². The maximum absolute atomic E-state index is 7.02. The Morgan fingerprint density at radius 1 is 0.769 bits per heavy atom. The van der Waals surface area contributed by atoms with Gasteiger partial charge in [0.15, 0.2) is 9.93 Å². The van der Waals surface area contributed by atoms with Crippen molar-refractivity contribution in [1.29, 1.82) is 0 Å². The predicted octanol–water partition coefficient (Wildman–Crippen LogP) is 6.30. The summed E-state index contributed by atoms with van der Waals surface area (Å²) in [6.07, 6.45) is 0. The summed E-state index contributed by atoms with van der Waals surface area (Å²) in [4.78, 5) is 0. The normalized spacial score (nSPS) is 30.7. The van der Waals surface area contributed by atoms with Crippen LogP contribution in [0.5, 0.6) is 5.75 Å². The zero-order valence-corrected chi connectivity index (χ0v) is 15.8. The van der Waals surface area contributed by atoms with Gasteiger partial charge >= 0.3 is 0 Å². The van der Waals surface area contributed by atoms with Gasteiger partial charge in [-0.1, -0.05) is 109 Å². The Morgan fingerprint density at radius 3 is 2.04 bits per heavy atom. The molecular formula is C23H18Cl2O. The van der Waals surface area contributed by atoms with Crippen molar-refractivity contribution in [3.63, 3.8) is 0 Å². The largest absolute Gasteiger partial charge is 0.478 e. The zero-order chi connectivity index (χ0) is 18.0. The molecule has 0 spiro atoms. The van der Waals surface area contributed by atoms with Crippen molar-refractivity contribution in [3.05, 3.63) is 102 Å². The lowest BCUT2D eigenvalue weighted by atomic mass is 9.74. The molecule has 0 aromatic heterocycles. The molecule has 3 heteroatoms. The zero-order valence-electron chi connectivity index (χ0n) is 14.3. The Kier molecular flexibility index (Phi) is 3.30. The average Bonchev–Trinajstić information content (AvgIpc) is 3.08. The third-order valence-corrected chi connectivity index (χ3v) is 7.46. The van der Waals surface area contributed by atoms with Crippen molar-refractivity contribution >= 4 is 23.2 Å². The Labute approximate surface area is 163 Å². The van der Waals surface area contributed by atoms with Crippen LogP contribution in [-0.4, -0.2) is 4.33 Å².